The van der Waals surface area contributed by atoms with Crippen LogP contribution in [-0.2, 0) is 0 Å². The predicted molar refractivity (Wildman–Crippen MR) is 81.2 cm³/mol. The van der Waals surface area contributed by atoms with Gasteiger partial charge in [0, 0.05) is 11.1 Å². The summed E-state index contributed by atoms with van der Waals surface area (Å²) in [5.41, 5.74) is 3.54. The summed E-state index contributed by atoms with van der Waals surface area (Å²) in [5, 5.41) is 5.57. The van der Waals surface area contributed by atoms with Gasteiger partial charge in [0.15, 0.2) is 5.82 Å². The van der Waals surface area contributed by atoms with Crippen molar-refractivity contribution in [1.29, 1.82) is 0 Å². The summed E-state index contributed by atoms with van der Waals surface area (Å²) in [4.78, 5) is 10.9. The molecule has 3 aromatic heterocycles. The highest BCUT2D eigenvalue weighted by Crippen LogP contribution is 2.28. The molecule has 0 saturated carbocycles. The third-order valence-corrected chi connectivity index (χ3v) is 3.99. The van der Waals surface area contributed by atoms with Gasteiger partial charge in [-0.3, -0.25) is 5.43 Å². The topological polar surface area (TPSA) is 81.7 Å². The third-order valence-electron chi connectivity index (χ3n) is 3.04. The van der Waals surface area contributed by atoms with Crippen LogP contribution in [0.1, 0.15) is 30.3 Å². The number of aromatic nitrogens is 4. The lowest BCUT2D eigenvalue weighted by Crippen LogP contribution is -2.12. The molecule has 0 aliphatic rings. The van der Waals surface area contributed by atoms with Crippen LogP contribution >= 0.6 is 11.3 Å². The molecule has 0 saturated heterocycles. The minimum absolute atomic E-state index is 0.380. The largest absolute Gasteiger partial charge is 0.292 e. The van der Waals surface area contributed by atoms with Crippen molar-refractivity contribution >= 4 is 27.5 Å². The van der Waals surface area contributed by atoms with E-state index < -0.39 is 0 Å². The Bertz CT molecular complexity index is 757. The van der Waals surface area contributed by atoms with E-state index in [9.17, 15) is 0 Å². The molecule has 0 amide bonds. The van der Waals surface area contributed by atoms with Crippen LogP contribution in [0.5, 0.6) is 0 Å². The molecule has 0 atom stereocenters. The van der Waals surface area contributed by atoms with Crippen molar-refractivity contribution in [2.75, 3.05) is 5.43 Å². The minimum atomic E-state index is 0.380. The summed E-state index contributed by atoms with van der Waals surface area (Å²) in [6.07, 6.45) is 1.92. The average Bonchev–Trinajstić information content (AvgIpc) is 3.02. The van der Waals surface area contributed by atoms with Crippen molar-refractivity contribution in [2.45, 2.75) is 26.7 Å². The Morgan fingerprint density at radius 2 is 2.15 bits per heavy atom. The molecule has 3 N–H and O–H groups in total. The van der Waals surface area contributed by atoms with E-state index in [1.54, 1.807) is 16.0 Å². The van der Waals surface area contributed by atoms with Crippen molar-refractivity contribution in [3.63, 3.8) is 0 Å². The summed E-state index contributed by atoms with van der Waals surface area (Å²) < 4.78 is 1.78. The number of hydrazine groups is 1. The molecule has 0 spiro atoms. The molecule has 3 rings (SSSR count). The Morgan fingerprint density at radius 3 is 2.80 bits per heavy atom. The van der Waals surface area contributed by atoms with Gasteiger partial charge in [-0.05, 0) is 25.0 Å². The predicted octanol–water partition coefficient (Wildman–Crippen LogP) is 2.59. The van der Waals surface area contributed by atoms with E-state index in [0.717, 1.165) is 21.7 Å². The molecule has 6 nitrogen and oxygen atoms in total. The number of thiophene rings is 1. The number of fused-ring (bicyclic) bond motifs is 1. The lowest BCUT2D eigenvalue weighted by molar-refractivity contribution is 0.760. The highest BCUT2D eigenvalue weighted by Gasteiger charge is 2.13. The fraction of sp³-hybridized carbons (Fsp3) is 0.308. The molecule has 0 aliphatic heterocycles. The average molecular weight is 288 g/mol. The first kappa shape index (κ1) is 13.0. The van der Waals surface area contributed by atoms with Crippen LogP contribution in [-0.4, -0.2) is 19.7 Å². The Morgan fingerprint density at radius 1 is 1.35 bits per heavy atom. The second kappa shape index (κ2) is 4.84. The normalized spacial score (nSPS) is 11.4. The van der Waals surface area contributed by atoms with Gasteiger partial charge in [0.05, 0.1) is 11.1 Å². The molecule has 3 aromatic rings. The Labute approximate surface area is 120 Å². The summed E-state index contributed by atoms with van der Waals surface area (Å²) in [7, 11) is 0. The monoisotopic (exact) mass is 288 g/mol. The summed E-state index contributed by atoms with van der Waals surface area (Å²) in [6, 6.07) is 4.08. The molecule has 0 aromatic carbocycles. The van der Waals surface area contributed by atoms with Crippen molar-refractivity contribution in [3.05, 3.63) is 28.9 Å². The van der Waals surface area contributed by atoms with Gasteiger partial charge in [-0.15, -0.1) is 11.3 Å². The zero-order valence-electron chi connectivity index (χ0n) is 11.6. The van der Waals surface area contributed by atoms with Gasteiger partial charge in [-0.2, -0.15) is 10.1 Å². The molecule has 0 unspecified atom stereocenters. The van der Waals surface area contributed by atoms with Crippen LogP contribution in [0.3, 0.4) is 0 Å². The van der Waals surface area contributed by atoms with Gasteiger partial charge >= 0.3 is 0 Å². The number of anilines is 1. The zero-order valence-corrected chi connectivity index (χ0v) is 12.4. The highest BCUT2D eigenvalue weighted by molar-refractivity contribution is 7.18. The number of nitrogens with two attached hydrogens (primary N) is 1. The maximum absolute atomic E-state index is 5.45. The Hall–Kier alpha value is -1.99. The molecule has 0 aliphatic carbocycles. The van der Waals surface area contributed by atoms with Gasteiger partial charge in [0.2, 0.25) is 5.95 Å². The Kier molecular flexibility index (Phi) is 3.15. The Balaban J connectivity index is 2.22. The fourth-order valence-electron chi connectivity index (χ4n) is 2.03. The number of hydrogen-bond acceptors (Lipinski definition) is 6. The molecular weight excluding hydrogens is 272 g/mol. The highest BCUT2D eigenvalue weighted by atomic mass is 32.1. The van der Waals surface area contributed by atoms with Crippen LogP contribution < -0.4 is 11.3 Å². The van der Waals surface area contributed by atoms with Crippen molar-refractivity contribution in [3.8, 4) is 5.82 Å². The molecule has 7 heteroatoms. The zero-order chi connectivity index (χ0) is 14.3. The van der Waals surface area contributed by atoms with E-state index in [-0.39, 0.29) is 0 Å². The lowest BCUT2D eigenvalue weighted by Gasteiger charge is -2.05. The maximum Gasteiger partial charge on any atom is 0.240 e. The number of rotatable bonds is 3. The van der Waals surface area contributed by atoms with Gasteiger partial charge in [-0.1, -0.05) is 13.8 Å². The maximum atomic E-state index is 5.45. The molecule has 0 fully saturated rings. The number of nitrogens with one attached hydrogen (secondary N) is 1. The molecule has 20 heavy (non-hydrogen) atoms. The van der Waals surface area contributed by atoms with Gasteiger partial charge < -0.3 is 0 Å². The number of nitrogen functional groups attached to an aromatic ring is 1. The van der Waals surface area contributed by atoms with E-state index >= 15 is 0 Å². The number of aryl methyl sites for hydroxylation is 1. The first-order valence-corrected chi connectivity index (χ1v) is 7.21. The van der Waals surface area contributed by atoms with E-state index in [4.69, 9.17) is 5.84 Å². The summed E-state index contributed by atoms with van der Waals surface area (Å²) >= 11 is 1.62. The van der Waals surface area contributed by atoms with Crippen LogP contribution in [0, 0.1) is 6.92 Å². The van der Waals surface area contributed by atoms with E-state index in [0.29, 0.717) is 11.9 Å². The van der Waals surface area contributed by atoms with Crippen LogP contribution in [0.25, 0.3) is 16.0 Å². The van der Waals surface area contributed by atoms with E-state index in [1.807, 2.05) is 19.2 Å². The van der Waals surface area contributed by atoms with Gasteiger partial charge in [0.25, 0.3) is 0 Å². The molecule has 0 bridgehead atoms. The second-order valence-electron chi connectivity index (χ2n) is 4.93. The molecule has 3 heterocycles. The second-order valence-corrected chi connectivity index (χ2v) is 6.17. The standard InChI is InChI=1S/C13H16N6S/c1-7(2)10-4-5-19(18-10)11-9-6-8(3)20-12(9)16-13(15-11)17-14/h4-7H,14H2,1-3H3,(H,15,16,17). The quantitative estimate of drug-likeness (QED) is 0.572. The smallest absolute Gasteiger partial charge is 0.240 e. The van der Waals surface area contributed by atoms with E-state index in [2.05, 4.69) is 40.4 Å². The SMILES string of the molecule is Cc1cc2c(-n3ccc(C(C)C)n3)nc(NN)nc2s1. The van der Waals surface area contributed by atoms with Crippen LogP contribution in [0.2, 0.25) is 0 Å². The first-order chi connectivity index (χ1) is 9.58. The van der Waals surface area contributed by atoms with Crippen LogP contribution in [0.15, 0.2) is 18.3 Å². The third kappa shape index (κ3) is 2.14. The van der Waals surface area contributed by atoms with Crippen molar-refractivity contribution in [1.82, 2.24) is 19.7 Å². The first-order valence-electron chi connectivity index (χ1n) is 6.39. The fourth-order valence-corrected chi connectivity index (χ4v) is 2.90. The van der Waals surface area contributed by atoms with Gasteiger partial charge in [0.1, 0.15) is 4.83 Å². The van der Waals surface area contributed by atoms with Crippen molar-refractivity contribution in [2.24, 2.45) is 5.84 Å². The number of nitrogens with zero attached hydrogens (tertiary/aromatic N) is 4. The summed E-state index contributed by atoms with van der Waals surface area (Å²) in [6.45, 7) is 6.28. The van der Waals surface area contributed by atoms with Crippen molar-refractivity contribution < 1.29 is 0 Å². The van der Waals surface area contributed by atoms with E-state index in [1.165, 1.54) is 4.88 Å². The molecule has 104 valence electrons. The minimum Gasteiger partial charge on any atom is -0.292 e. The molecule has 0 radical (unpaired) electrons. The number of hydrogen-bond donors (Lipinski definition) is 2. The molecular formula is C13H16N6S. The van der Waals surface area contributed by atoms with Crippen LogP contribution in [0.4, 0.5) is 5.95 Å². The summed E-state index contributed by atoms with van der Waals surface area (Å²) in [5.74, 6) is 6.98. The lowest BCUT2D eigenvalue weighted by atomic mass is 10.1. The van der Waals surface area contributed by atoms with Gasteiger partial charge in [-0.25, -0.2) is 15.5 Å².